The highest BCUT2D eigenvalue weighted by molar-refractivity contribution is 5.96. The smallest absolute Gasteiger partial charge is 0.273 e. The normalized spacial score (nSPS) is 14.5. The van der Waals surface area contributed by atoms with E-state index in [1.165, 1.54) is 12.1 Å². The van der Waals surface area contributed by atoms with Crippen LogP contribution in [0.25, 0.3) is 11.1 Å². The van der Waals surface area contributed by atoms with E-state index in [1.54, 1.807) is 17.1 Å². The van der Waals surface area contributed by atoms with E-state index in [4.69, 9.17) is 0 Å². The third kappa shape index (κ3) is 2.95. The van der Waals surface area contributed by atoms with Gasteiger partial charge in [0.1, 0.15) is 5.82 Å². The molecule has 0 bridgehead atoms. The number of hydrogen-bond acceptors (Lipinski definition) is 2. The molecule has 0 saturated carbocycles. The van der Waals surface area contributed by atoms with Crippen LogP contribution in [0.5, 0.6) is 0 Å². The van der Waals surface area contributed by atoms with Crippen molar-refractivity contribution in [1.82, 2.24) is 9.78 Å². The summed E-state index contributed by atoms with van der Waals surface area (Å²) in [6.45, 7) is 1.88. The van der Waals surface area contributed by atoms with Crippen LogP contribution in [-0.4, -0.2) is 22.0 Å². The molecule has 3 nitrogen and oxygen atoms in total. The molecule has 2 heterocycles. The molecule has 1 aromatic carbocycles. The van der Waals surface area contributed by atoms with Gasteiger partial charge in [0.05, 0.1) is 30.6 Å². The first-order valence-electron chi connectivity index (χ1n) is 6.84. The molecule has 0 radical (unpaired) electrons. The van der Waals surface area contributed by atoms with Crippen LogP contribution in [0.4, 0.5) is 13.2 Å². The van der Waals surface area contributed by atoms with Gasteiger partial charge in [0.15, 0.2) is 0 Å². The average molecular weight is 305 g/mol. The Bertz CT molecular complexity index is 754. The van der Waals surface area contributed by atoms with Crippen molar-refractivity contribution >= 4 is 5.71 Å². The number of allylic oxidation sites excluding steroid dienone is 1. The van der Waals surface area contributed by atoms with Crippen LogP contribution in [0.15, 0.2) is 47.7 Å². The standard InChI is InChI=1S/C16H14F3N3/c1-16(18,19)14-7-11(4-5-15(14)17)12-8-21-22(9-12)10-13-3-2-6-20-13/h2-5,7-9H,6,10H2,1H3. The van der Waals surface area contributed by atoms with Crippen LogP contribution in [0, 0.1) is 5.82 Å². The van der Waals surface area contributed by atoms with Crippen molar-refractivity contribution in [2.75, 3.05) is 6.54 Å². The number of alkyl halides is 2. The summed E-state index contributed by atoms with van der Waals surface area (Å²) in [4.78, 5) is 4.27. The number of nitrogens with zero attached hydrogens (tertiary/aromatic N) is 3. The molecule has 0 unspecified atom stereocenters. The molecule has 0 N–H and O–H groups in total. The fraction of sp³-hybridized carbons (Fsp3) is 0.250. The minimum Gasteiger partial charge on any atom is -0.284 e. The van der Waals surface area contributed by atoms with Crippen molar-refractivity contribution in [2.45, 2.75) is 19.4 Å². The number of aliphatic imine (C=N–C) groups is 1. The van der Waals surface area contributed by atoms with E-state index in [2.05, 4.69) is 10.1 Å². The molecule has 0 fully saturated rings. The van der Waals surface area contributed by atoms with E-state index in [0.717, 1.165) is 11.8 Å². The highest BCUT2D eigenvalue weighted by Crippen LogP contribution is 2.32. The van der Waals surface area contributed by atoms with E-state index in [0.29, 0.717) is 31.1 Å². The predicted octanol–water partition coefficient (Wildman–Crippen LogP) is 3.81. The van der Waals surface area contributed by atoms with Crippen LogP contribution in [0.3, 0.4) is 0 Å². The van der Waals surface area contributed by atoms with Crippen molar-refractivity contribution in [3.05, 3.63) is 54.1 Å². The number of hydrogen-bond donors (Lipinski definition) is 0. The van der Waals surface area contributed by atoms with Gasteiger partial charge in [-0.3, -0.25) is 9.67 Å². The maximum atomic E-state index is 13.5. The summed E-state index contributed by atoms with van der Waals surface area (Å²) in [6.07, 6.45) is 7.19. The summed E-state index contributed by atoms with van der Waals surface area (Å²) < 4.78 is 42.0. The number of rotatable bonds is 4. The van der Waals surface area contributed by atoms with Crippen molar-refractivity contribution in [3.63, 3.8) is 0 Å². The van der Waals surface area contributed by atoms with Gasteiger partial charge in [-0.1, -0.05) is 12.1 Å². The van der Waals surface area contributed by atoms with Crippen LogP contribution >= 0.6 is 0 Å². The molecular weight excluding hydrogens is 291 g/mol. The second-order valence-corrected chi connectivity index (χ2v) is 5.24. The molecule has 6 heteroatoms. The third-order valence-corrected chi connectivity index (χ3v) is 3.44. The number of benzene rings is 1. The van der Waals surface area contributed by atoms with Gasteiger partial charge in [-0.2, -0.15) is 5.10 Å². The molecule has 2 aromatic rings. The minimum absolute atomic E-state index is 0.507. The van der Waals surface area contributed by atoms with Crippen molar-refractivity contribution in [1.29, 1.82) is 0 Å². The summed E-state index contributed by atoms with van der Waals surface area (Å²) >= 11 is 0. The van der Waals surface area contributed by atoms with Gasteiger partial charge in [-0.05, 0) is 23.8 Å². The Hall–Kier alpha value is -2.37. The molecule has 0 saturated heterocycles. The SMILES string of the molecule is CC(F)(F)c1cc(-c2cnn(CC3=NCC=C3)c2)ccc1F. The Morgan fingerprint density at radius 1 is 1.27 bits per heavy atom. The van der Waals surface area contributed by atoms with Crippen molar-refractivity contribution in [3.8, 4) is 11.1 Å². The highest BCUT2D eigenvalue weighted by Gasteiger charge is 2.28. The fourth-order valence-corrected chi connectivity index (χ4v) is 2.32. The van der Waals surface area contributed by atoms with Gasteiger partial charge in [-0.15, -0.1) is 0 Å². The molecule has 1 aliphatic rings. The zero-order valence-corrected chi connectivity index (χ0v) is 11.9. The van der Waals surface area contributed by atoms with Crippen LogP contribution in [0.1, 0.15) is 12.5 Å². The van der Waals surface area contributed by atoms with Crippen molar-refractivity contribution in [2.24, 2.45) is 4.99 Å². The first-order valence-corrected chi connectivity index (χ1v) is 6.84. The van der Waals surface area contributed by atoms with Gasteiger partial charge in [0.25, 0.3) is 5.92 Å². The Kier molecular flexibility index (Phi) is 3.60. The van der Waals surface area contributed by atoms with Crippen LogP contribution < -0.4 is 0 Å². The zero-order valence-electron chi connectivity index (χ0n) is 11.9. The first-order chi connectivity index (χ1) is 10.4. The maximum Gasteiger partial charge on any atom is 0.273 e. The Labute approximate surface area is 125 Å². The lowest BCUT2D eigenvalue weighted by Crippen LogP contribution is -2.09. The molecule has 22 heavy (non-hydrogen) atoms. The lowest BCUT2D eigenvalue weighted by molar-refractivity contribution is 0.0138. The third-order valence-electron chi connectivity index (χ3n) is 3.44. The number of halogens is 3. The van der Waals surface area contributed by atoms with E-state index in [1.807, 2.05) is 12.2 Å². The van der Waals surface area contributed by atoms with Gasteiger partial charge >= 0.3 is 0 Å². The topological polar surface area (TPSA) is 30.2 Å². The summed E-state index contributed by atoms with van der Waals surface area (Å²) in [5.74, 6) is -4.13. The number of aromatic nitrogens is 2. The summed E-state index contributed by atoms with van der Waals surface area (Å²) in [6, 6.07) is 3.70. The Morgan fingerprint density at radius 2 is 2.09 bits per heavy atom. The molecular formula is C16H14F3N3. The molecule has 114 valence electrons. The largest absolute Gasteiger partial charge is 0.284 e. The summed E-state index contributed by atoms with van der Waals surface area (Å²) in [5.41, 5.74) is 1.47. The molecule has 0 atom stereocenters. The molecule has 0 spiro atoms. The molecule has 1 aromatic heterocycles. The quantitative estimate of drug-likeness (QED) is 0.844. The summed E-state index contributed by atoms with van der Waals surface area (Å²) in [7, 11) is 0. The van der Waals surface area contributed by atoms with E-state index >= 15 is 0 Å². The lowest BCUT2D eigenvalue weighted by Gasteiger charge is -2.12. The Balaban J connectivity index is 1.88. The highest BCUT2D eigenvalue weighted by atomic mass is 19.3. The Morgan fingerprint density at radius 3 is 2.77 bits per heavy atom. The van der Waals surface area contributed by atoms with E-state index in [9.17, 15) is 13.2 Å². The lowest BCUT2D eigenvalue weighted by atomic mass is 10.0. The van der Waals surface area contributed by atoms with E-state index in [-0.39, 0.29) is 0 Å². The monoisotopic (exact) mass is 305 g/mol. The maximum absolute atomic E-state index is 13.5. The predicted molar refractivity (Wildman–Crippen MR) is 78.6 cm³/mol. The van der Waals surface area contributed by atoms with Gasteiger partial charge in [0, 0.05) is 18.7 Å². The van der Waals surface area contributed by atoms with Gasteiger partial charge < -0.3 is 0 Å². The molecule has 1 aliphatic heterocycles. The molecule has 3 rings (SSSR count). The average Bonchev–Trinajstić information content (AvgIpc) is 3.10. The van der Waals surface area contributed by atoms with E-state index < -0.39 is 17.3 Å². The van der Waals surface area contributed by atoms with Crippen LogP contribution in [-0.2, 0) is 12.5 Å². The fourth-order valence-electron chi connectivity index (χ4n) is 2.32. The van der Waals surface area contributed by atoms with Crippen molar-refractivity contribution < 1.29 is 13.2 Å². The second-order valence-electron chi connectivity index (χ2n) is 5.24. The first kappa shape index (κ1) is 14.6. The summed E-state index contributed by atoms with van der Waals surface area (Å²) in [5, 5.41) is 4.19. The van der Waals surface area contributed by atoms with Gasteiger partial charge in [0.2, 0.25) is 0 Å². The molecule has 0 aliphatic carbocycles. The van der Waals surface area contributed by atoms with Crippen LogP contribution in [0.2, 0.25) is 0 Å². The van der Waals surface area contributed by atoms with Gasteiger partial charge in [-0.25, -0.2) is 13.2 Å². The minimum atomic E-state index is -3.22. The zero-order chi connectivity index (χ0) is 15.7. The second kappa shape index (κ2) is 5.44. The molecule has 0 amide bonds.